The van der Waals surface area contributed by atoms with Gasteiger partial charge in [-0.1, -0.05) is 20.3 Å². The fraction of sp³-hybridized carbons (Fsp3) is 0.667. The third-order valence-corrected chi connectivity index (χ3v) is 4.40. The van der Waals surface area contributed by atoms with Crippen LogP contribution in [0.1, 0.15) is 44.9 Å². The highest BCUT2D eigenvalue weighted by Crippen LogP contribution is 2.24. The monoisotopic (exact) mass is 312 g/mol. The van der Waals surface area contributed by atoms with Crippen LogP contribution in [0.3, 0.4) is 0 Å². The molecule has 5 nitrogen and oxygen atoms in total. The lowest BCUT2D eigenvalue weighted by Gasteiger charge is -2.20. The van der Waals surface area contributed by atoms with E-state index in [1.165, 1.54) is 18.3 Å². The summed E-state index contributed by atoms with van der Waals surface area (Å²) in [5.74, 6) is -0.994. The molecule has 0 saturated heterocycles. The Kier molecular flexibility index (Phi) is 7.36. The Morgan fingerprint density at radius 3 is 2.71 bits per heavy atom. The van der Waals surface area contributed by atoms with Crippen LogP contribution in [0.4, 0.5) is 5.13 Å². The van der Waals surface area contributed by atoms with Gasteiger partial charge in [0.25, 0.3) is 0 Å². The summed E-state index contributed by atoms with van der Waals surface area (Å²) < 4.78 is 5.21. The Hall–Kier alpha value is -1.43. The van der Waals surface area contributed by atoms with Crippen LogP contribution in [-0.4, -0.2) is 23.3 Å². The van der Waals surface area contributed by atoms with Gasteiger partial charge in [0.15, 0.2) is 5.13 Å². The SMILES string of the molecule is CCCCOC(=O)[C@@H](C)[C@@H](CCc1cnc(N)s1)C(C)=O. The lowest BCUT2D eigenvalue weighted by atomic mass is 9.86. The molecule has 0 fully saturated rings. The Morgan fingerprint density at radius 2 is 2.19 bits per heavy atom. The van der Waals surface area contributed by atoms with Crippen molar-refractivity contribution in [3.05, 3.63) is 11.1 Å². The van der Waals surface area contributed by atoms with Crippen molar-refractivity contribution in [3.8, 4) is 0 Å². The summed E-state index contributed by atoms with van der Waals surface area (Å²) in [5.41, 5.74) is 5.59. The minimum Gasteiger partial charge on any atom is -0.465 e. The number of ether oxygens (including phenoxy) is 1. The molecular weight excluding hydrogens is 288 g/mol. The molecule has 1 aromatic rings. The number of carbonyl (C=O) groups is 2. The van der Waals surface area contributed by atoms with Crippen molar-refractivity contribution in [2.75, 3.05) is 12.3 Å². The second kappa shape index (κ2) is 8.77. The van der Waals surface area contributed by atoms with Crippen LogP contribution in [0.5, 0.6) is 0 Å². The van der Waals surface area contributed by atoms with E-state index in [-0.39, 0.29) is 17.7 Å². The van der Waals surface area contributed by atoms with Gasteiger partial charge in [0, 0.05) is 17.0 Å². The molecule has 6 heteroatoms. The van der Waals surface area contributed by atoms with Crippen molar-refractivity contribution in [2.24, 2.45) is 11.8 Å². The Morgan fingerprint density at radius 1 is 1.48 bits per heavy atom. The van der Waals surface area contributed by atoms with Crippen molar-refractivity contribution in [3.63, 3.8) is 0 Å². The topological polar surface area (TPSA) is 82.3 Å². The number of aromatic nitrogens is 1. The van der Waals surface area contributed by atoms with Crippen LogP contribution in [0.2, 0.25) is 0 Å². The number of carbonyl (C=O) groups excluding carboxylic acids is 2. The molecule has 1 rings (SSSR count). The normalized spacial score (nSPS) is 13.7. The maximum atomic E-state index is 12.0. The van der Waals surface area contributed by atoms with Crippen LogP contribution in [-0.2, 0) is 20.7 Å². The van der Waals surface area contributed by atoms with E-state index in [9.17, 15) is 9.59 Å². The van der Waals surface area contributed by atoms with E-state index in [1.54, 1.807) is 13.1 Å². The van der Waals surface area contributed by atoms with E-state index in [0.717, 1.165) is 17.7 Å². The molecular formula is C15H24N2O3S. The number of ketones is 1. The van der Waals surface area contributed by atoms with Crippen LogP contribution < -0.4 is 5.73 Å². The highest BCUT2D eigenvalue weighted by Gasteiger charge is 2.28. The third-order valence-electron chi connectivity index (χ3n) is 3.51. The standard InChI is InChI=1S/C15H24N2O3S/c1-4-5-8-20-14(19)10(2)13(11(3)18)7-6-12-9-17-15(16)21-12/h9-10,13H,4-8H2,1-3H3,(H2,16,17)/t10-,13+/m0/s1. The van der Waals surface area contributed by atoms with Gasteiger partial charge >= 0.3 is 5.97 Å². The molecule has 1 aromatic heterocycles. The average molecular weight is 312 g/mol. The van der Waals surface area contributed by atoms with Crippen LogP contribution in [0.15, 0.2) is 6.20 Å². The van der Waals surface area contributed by atoms with Crippen molar-refractivity contribution >= 4 is 28.2 Å². The lowest BCUT2D eigenvalue weighted by Crippen LogP contribution is -2.28. The number of aryl methyl sites for hydroxylation is 1. The number of nitrogens with zero attached hydrogens (tertiary/aromatic N) is 1. The zero-order chi connectivity index (χ0) is 15.8. The van der Waals surface area contributed by atoms with Crippen LogP contribution >= 0.6 is 11.3 Å². The number of esters is 1. The minimum absolute atomic E-state index is 0.0208. The predicted octanol–water partition coefficient (Wildman–Crippen LogP) is 2.84. The van der Waals surface area contributed by atoms with Gasteiger partial charge in [-0.05, 0) is 26.2 Å². The van der Waals surface area contributed by atoms with Crippen molar-refractivity contribution in [1.29, 1.82) is 0 Å². The zero-order valence-electron chi connectivity index (χ0n) is 12.9. The smallest absolute Gasteiger partial charge is 0.309 e. The van der Waals surface area contributed by atoms with Gasteiger partial charge in [0.2, 0.25) is 0 Å². The maximum Gasteiger partial charge on any atom is 0.309 e. The molecule has 0 aromatic carbocycles. The van der Waals surface area contributed by atoms with E-state index in [2.05, 4.69) is 4.98 Å². The van der Waals surface area contributed by atoms with Gasteiger partial charge < -0.3 is 10.5 Å². The number of anilines is 1. The van der Waals surface area contributed by atoms with E-state index < -0.39 is 5.92 Å². The van der Waals surface area contributed by atoms with Crippen molar-refractivity contribution in [2.45, 2.75) is 46.5 Å². The molecule has 0 aliphatic rings. The van der Waals surface area contributed by atoms with Crippen molar-refractivity contribution < 1.29 is 14.3 Å². The average Bonchev–Trinajstić information content (AvgIpc) is 2.84. The first-order chi connectivity index (χ1) is 9.95. The number of hydrogen-bond acceptors (Lipinski definition) is 6. The zero-order valence-corrected chi connectivity index (χ0v) is 13.7. The molecule has 118 valence electrons. The fourth-order valence-electron chi connectivity index (χ4n) is 2.15. The number of Topliss-reactive ketones (excluding diaryl/α,β-unsaturated/α-hetero) is 1. The van der Waals surface area contributed by atoms with E-state index in [1.807, 2.05) is 6.92 Å². The molecule has 0 spiro atoms. The largest absolute Gasteiger partial charge is 0.465 e. The number of nitrogen functional groups attached to an aromatic ring is 1. The summed E-state index contributed by atoms with van der Waals surface area (Å²) in [4.78, 5) is 28.8. The van der Waals surface area contributed by atoms with Gasteiger partial charge in [-0.15, -0.1) is 11.3 Å². The summed E-state index contributed by atoms with van der Waals surface area (Å²) in [6, 6.07) is 0. The van der Waals surface area contributed by atoms with Gasteiger partial charge in [-0.2, -0.15) is 0 Å². The first-order valence-corrected chi connectivity index (χ1v) is 8.14. The van der Waals surface area contributed by atoms with Crippen molar-refractivity contribution in [1.82, 2.24) is 4.98 Å². The van der Waals surface area contributed by atoms with E-state index in [4.69, 9.17) is 10.5 Å². The summed E-state index contributed by atoms with van der Waals surface area (Å²) in [6.45, 7) is 5.76. The molecule has 1 heterocycles. The molecule has 0 aliphatic carbocycles. The van der Waals surface area contributed by atoms with Gasteiger partial charge in [-0.25, -0.2) is 4.98 Å². The molecule has 0 unspecified atom stereocenters. The third kappa shape index (κ3) is 5.83. The summed E-state index contributed by atoms with van der Waals surface area (Å²) in [7, 11) is 0. The minimum atomic E-state index is -0.412. The Balaban J connectivity index is 2.55. The van der Waals surface area contributed by atoms with Gasteiger partial charge in [-0.3, -0.25) is 9.59 Å². The quantitative estimate of drug-likeness (QED) is 0.560. The molecule has 0 saturated carbocycles. The maximum absolute atomic E-state index is 12.0. The first-order valence-electron chi connectivity index (χ1n) is 7.33. The second-order valence-electron chi connectivity index (χ2n) is 5.23. The van der Waals surface area contributed by atoms with Gasteiger partial charge in [0.1, 0.15) is 5.78 Å². The second-order valence-corrected chi connectivity index (χ2v) is 6.38. The first kappa shape index (κ1) is 17.6. The molecule has 2 N–H and O–H groups in total. The molecule has 2 atom stereocenters. The summed E-state index contributed by atoms with van der Waals surface area (Å²) in [6.07, 6.45) is 4.86. The highest BCUT2D eigenvalue weighted by molar-refractivity contribution is 7.15. The number of thiazole rings is 1. The predicted molar refractivity (Wildman–Crippen MR) is 84.0 cm³/mol. The summed E-state index contributed by atoms with van der Waals surface area (Å²) in [5, 5.41) is 0.524. The lowest BCUT2D eigenvalue weighted by molar-refractivity contribution is -0.152. The van der Waals surface area contributed by atoms with E-state index in [0.29, 0.717) is 24.6 Å². The van der Waals surface area contributed by atoms with E-state index >= 15 is 0 Å². The number of hydrogen-bond donors (Lipinski definition) is 1. The van der Waals surface area contributed by atoms with Crippen LogP contribution in [0.25, 0.3) is 0 Å². The molecule has 0 radical (unpaired) electrons. The summed E-state index contributed by atoms with van der Waals surface area (Å²) >= 11 is 1.42. The van der Waals surface area contributed by atoms with Crippen LogP contribution in [0, 0.1) is 11.8 Å². The fourth-order valence-corrected chi connectivity index (χ4v) is 2.85. The molecule has 0 aliphatic heterocycles. The number of rotatable bonds is 9. The number of nitrogens with two attached hydrogens (primary N) is 1. The molecule has 0 bridgehead atoms. The Bertz CT molecular complexity index is 473. The highest BCUT2D eigenvalue weighted by atomic mass is 32.1. The van der Waals surface area contributed by atoms with Gasteiger partial charge in [0.05, 0.1) is 12.5 Å². The molecule has 0 amide bonds. The molecule has 21 heavy (non-hydrogen) atoms. The number of unbranched alkanes of at least 4 members (excludes halogenated alkanes) is 1. The Labute approximate surface area is 129 Å².